The number of nitrogens with one attached hydrogen (secondary N) is 1. The van der Waals surface area contributed by atoms with Gasteiger partial charge in [0.05, 0.1) is 0 Å². The number of fused-ring (bicyclic) bond motifs is 1. The van der Waals surface area contributed by atoms with E-state index < -0.39 is 0 Å². The van der Waals surface area contributed by atoms with Gasteiger partial charge in [0.15, 0.2) is 0 Å². The van der Waals surface area contributed by atoms with Gasteiger partial charge in [0.2, 0.25) is 0 Å². The van der Waals surface area contributed by atoms with Crippen molar-refractivity contribution in [3.63, 3.8) is 0 Å². The van der Waals surface area contributed by atoms with Gasteiger partial charge in [-0.05, 0) is 30.9 Å². The summed E-state index contributed by atoms with van der Waals surface area (Å²) in [6, 6.07) is 7.07. The molecule has 2 heteroatoms. The summed E-state index contributed by atoms with van der Waals surface area (Å²) in [6.45, 7) is 9.87. The number of hydrogen-bond acceptors (Lipinski definition) is 2. The molecule has 0 saturated heterocycles. The van der Waals surface area contributed by atoms with Crippen LogP contribution in [0.3, 0.4) is 0 Å². The molecule has 2 atom stereocenters. The lowest BCUT2D eigenvalue weighted by atomic mass is 10.0. The van der Waals surface area contributed by atoms with Crippen molar-refractivity contribution < 1.29 is 4.74 Å². The molecule has 0 spiro atoms. The standard InChI is InChI=1S/C16H25NO/c1-5-15(11(2)3)17-10-14-9-13-8-12(4)6-7-16(13)18-14/h6-8,11,14-15,17H,5,9-10H2,1-4H3. The minimum absolute atomic E-state index is 0.301. The lowest BCUT2D eigenvalue weighted by molar-refractivity contribution is 0.213. The minimum atomic E-state index is 0.301. The number of hydrogen-bond donors (Lipinski definition) is 1. The molecule has 2 nitrogen and oxygen atoms in total. The molecular weight excluding hydrogens is 222 g/mol. The Morgan fingerprint density at radius 3 is 2.83 bits per heavy atom. The van der Waals surface area contributed by atoms with Gasteiger partial charge in [0, 0.05) is 19.0 Å². The zero-order chi connectivity index (χ0) is 13.1. The third-order valence-electron chi connectivity index (χ3n) is 3.81. The monoisotopic (exact) mass is 247 g/mol. The van der Waals surface area contributed by atoms with E-state index in [1.54, 1.807) is 0 Å². The third-order valence-corrected chi connectivity index (χ3v) is 3.81. The molecule has 0 fully saturated rings. The molecule has 1 heterocycles. The molecule has 1 aliphatic rings. The smallest absolute Gasteiger partial charge is 0.123 e. The molecule has 0 saturated carbocycles. The van der Waals surface area contributed by atoms with E-state index in [4.69, 9.17) is 4.74 Å². The van der Waals surface area contributed by atoms with Crippen LogP contribution in [-0.2, 0) is 6.42 Å². The molecule has 0 aromatic heterocycles. The molecule has 1 aromatic carbocycles. The van der Waals surface area contributed by atoms with Gasteiger partial charge in [-0.15, -0.1) is 0 Å². The third kappa shape index (κ3) is 3.05. The van der Waals surface area contributed by atoms with Gasteiger partial charge in [-0.25, -0.2) is 0 Å². The quantitative estimate of drug-likeness (QED) is 0.862. The summed E-state index contributed by atoms with van der Waals surface area (Å²) in [7, 11) is 0. The van der Waals surface area contributed by atoms with Crippen molar-refractivity contribution in [2.24, 2.45) is 5.92 Å². The molecule has 1 N–H and O–H groups in total. The van der Waals surface area contributed by atoms with Crippen molar-refractivity contribution in [2.75, 3.05) is 6.54 Å². The van der Waals surface area contributed by atoms with Crippen LogP contribution in [0.4, 0.5) is 0 Å². The molecule has 100 valence electrons. The van der Waals surface area contributed by atoms with Gasteiger partial charge in [-0.3, -0.25) is 0 Å². The van der Waals surface area contributed by atoms with Crippen molar-refractivity contribution in [1.29, 1.82) is 0 Å². The van der Waals surface area contributed by atoms with Crippen molar-refractivity contribution >= 4 is 0 Å². The van der Waals surface area contributed by atoms with E-state index in [1.165, 1.54) is 17.5 Å². The molecule has 0 bridgehead atoms. The zero-order valence-electron chi connectivity index (χ0n) is 12.0. The highest BCUT2D eigenvalue weighted by Gasteiger charge is 2.23. The first-order valence-electron chi connectivity index (χ1n) is 7.09. The lowest BCUT2D eigenvalue weighted by Crippen LogP contribution is -2.39. The molecule has 2 unspecified atom stereocenters. The molecular formula is C16H25NO. The van der Waals surface area contributed by atoms with Gasteiger partial charge in [-0.2, -0.15) is 0 Å². The molecule has 0 amide bonds. The normalized spacial score (nSPS) is 19.7. The molecule has 18 heavy (non-hydrogen) atoms. The van der Waals surface area contributed by atoms with Crippen LogP contribution in [0.15, 0.2) is 18.2 Å². The Balaban J connectivity index is 1.88. The molecule has 2 rings (SSSR count). The molecule has 1 aliphatic heterocycles. The van der Waals surface area contributed by atoms with E-state index in [0.29, 0.717) is 18.1 Å². The second-order valence-electron chi connectivity index (χ2n) is 5.72. The van der Waals surface area contributed by atoms with E-state index in [9.17, 15) is 0 Å². The highest BCUT2D eigenvalue weighted by Crippen LogP contribution is 2.29. The average molecular weight is 247 g/mol. The minimum Gasteiger partial charge on any atom is -0.488 e. The largest absolute Gasteiger partial charge is 0.488 e. The first-order valence-corrected chi connectivity index (χ1v) is 7.09. The van der Waals surface area contributed by atoms with E-state index in [-0.39, 0.29) is 0 Å². The highest BCUT2D eigenvalue weighted by atomic mass is 16.5. The summed E-state index contributed by atoms with van der Waals surface area (Å²) < 4.78 is 5.97. The van der Waals surface area contributed by atoms with Crippen LogP contribution in [0.2, 0.25) is 0 Å². The molecule has 1 aromatic rings. The van der Waals surface area contributed by atoms with Crippen LogP contribution in [-0.4, -0.2) is 18.7 Å². The maximum absolute atomic E-state index is 5.97. The average Bonchev–Trinajstić information content (AvgIpc) is 2.71. The van der Waals surface area contributed by atoms with Crippen molar-refractivity contribution in [3.05, 3.63) is 29.3 Å². The van der Waals surface area contributed by atoms with E-state index >= 15 is 0 Å². The van der Waals surface area contributed by atoms with Gasteiger partial charge in [0.25, 0.3) is 0 Å². The topological polar surface area (TPSA) is 21.3 Å². The number of benzene rings is 1. The Kier molecular flexibility index (Phi) is 4.28. The van der Waals surface area contributed by atoms with Gasteiger partial charge in [0.1, 0.15) is 11.9 Å². The zero-order valence-corrected chi connectivity index (χ0v) is 12.0. The Morgan fingerprint density at radius 2 is 2.17 bits per heavy atom. The summed E-state index contributed by atoms with van der Waals surface area (Å²) in [4.78, 5) is 0. The van der Waals surface area contributed by atoms with Crippen LogP contribution in [0.1, 0.15) is 38.3 Å². The number of ether oxygens (including phenoxy) is 1. The Morgan fingerprint density at radius 1 is 1.39 bits per heavy atom. The van der Waals surface area contributed by atoms with Crippen molar-refractivity contribution in [1.82, 2.24) is 5.32 Å². The summed E-state index contributed by atoms with van der Waals surface area (Å²) in [5, 5.41) is 3.64. The first-order chi connectivity index (χ1) is 8.60. The molecule has 0 aliphatic carbocycles. The van der Waals surface area contributed by atoms with Crippen molar-refractivity contribution in [2.45, 2.75) is 52.7 Å². The Hall–Kier alpha value is -1.02. The second-order valence-corrected chi connectivity index (χ2v) is 5.72. The fourth-order valence-electron chi connectivity index (χ4n) is 2.70. The fraction of sp³-hybridized carbons (Fsp3) is 0.625. The van der Waals surface area contributed by atoms with E-state index in [2.05, 4.69) is 51.2 Å². The first kappa shape index (κ1) is 13.4. The van der Waals surface area contributed by atoms with Gasteiger partial charge >= 0.3 is 0 Å². The van der Waals surface area contributed by atoms with E-state index in [1.807, 2.05) is 0 Å². The second kappa shape index (κ2) is 5.75. The summed E-state index contributed by atoms with van der Waals surface area (Å²) >= 11 is 0. The SMILES string of the molecule is CCC(NCC1Cc2cc(C)ccc2O1)C(C)C. The van der Waals surface area contributed by atoms with Gasteiger partial charge in [-0.1, -0.05) is 38.5 Å². The van der Waals surface area contributed by atoms with Crippen molar-refractivity contribution in [3.8, 4) is 5.75 Å². The number of aryl methyl sites for hydroxylation is 1. The van der Waals surface area contributed by atoms with Crippen LogP contribution in [0.25, 0.3) is 0 Å². The predicted octanol–water partition coefficient (Wildman–Crippen LogP) is 3.32. The van der Waals surface area contributed by atoms with Gasteiger partial charge < -0.3 is 10.1 Å². The van der Waals surface area contributed by atoms with E-state index in [0.717, 1.165) is 18.7 Å². The van der Waals surface area contributed by atoms with Crippen LogP contribution >= 0.6 is 0 Å². The Labute approximate surface area is 111 Å². The Bertz CT molecular complexity index is 400. The maximum Gasteiger partial charge on any atom is 0.123 e. The fourth-order valence-corrected chi connectivity index (χ4v) is 2.70. The summed E-state index contributed by atoms with van der Waals surface area (Å²) in [6.07, 6.45) is 2.52. The number of rotatable bonds is 5. The highest BCUT2D eigenvalue weighted by molar-refractivity contribution is 5.40. The van der Waals surface area contributed by atoms with Crippen LogP contribution < -0.4 is 10.1 Å². The summed E-state index contributed by atoms with van der Waals surface area (Å²) in [5.41, 5.74) is 2.68. The lowest BCUT2D eigenvalue weighted by Gasteiger charge is -2.22. The van der Waals surface area contributed by atoms with Crippen LogP contribution in [0.5, 0.6) is 5.75 Å². The summed E-state index contributed by atoms with van der Waals surface area (Å²) in [5.74, 6) is 1.76. The maximum atomic E-state index is 5.97. The predicted molar refractivity (Wildman–Crippen MR) is 76.2 cm³/mol. The molecule has 0 radical (unpaired) electrons. The van der Waals surface area contributed by atoms with Crippen LogP contribution in [0, 0.1) is 12.8 Å².